The molecule has 0 bridgehead atoms. The monoisotopic (exact) mass is 314 g/mol. The van der Waals surface area contributed by atoms with Crippen molar-refractivity contribution in [3.8, 4) is 6.07 Å². The van der Waals surface area contributed by atoms with Crippen molar-refractivity contribution in [1.82, 2.24) is 5.32 Å². The van der Waals surface area contributed by atoms with Crippen molar-refractivity contribution in [1.29, 1.82) is 5.26 Å². The number of amides is 1. The molecular formula is C16H14N2O3S. The summed E-state index contributed by atoms with van der Waals surface area (Å²) in [5.41, 5.74) is 1.11. The lowest BCUT2D eigenvalue weighted by molar-refractivity contribution is 0.0947. The quantitative estimate of drug-likeness (QED) is 0.933. The van der Waals surface area contributed by atoms with Gasteiger partial charge in [0.2, 0.25) is 0 Å². The molecule has 0 atom stereocenters. The average Bonchev–Trinajstić information content (AvgIpc) is 2.52. The lowest BCUT2D eigenvalue weighted by atomic mass is 10.1. The van der Waals surface area contributed by atoms with E-state index in [4.69, 9.17) is 5.26 Å². The Labute approximate surface area is 129 Å². The minimum Gasteiger partial charge on any atom is -0.348 e. The summed E-state index contributed by atoms with van der Waals surface area (Å²) in [6, 6.07) is 15.1. The summed E-state index contributed by atoms with van der Waals surface area (Å²) in [5.74, 6) is -0.527. The van der Waals surface area contributed by atoms with Gasteiger partial charge in [0.05, 0.1) is 22.1 Å². The molecule has 0 radical (unpaired) electrons. The van der Waals surface area contributed by atoms with E-state index in [0.717, 1.165) is 11.8 Å². The van der Waals surface area contributed by atoms with Crippen molar-refractivity contribution in [2.75, 3.05) is 6.26 Å². The van der Waals surface area contributed by atoms with E-state index in [9.17, 15) is 13.2 Å². The fraction of sp³-hybridized carbons (Fsp3) is 0.125. The molecule has 0 saturated carbocycles. The fourth-order valence-electron chi connectivity index (χ4n) is 1.97. The van der Waals surface area contributed by atoms with Gasteiger partial charge in [-0.05, 0) is 23.8 Å². The van der Waals surface area contributed by atoms with Crippen LogP contribution in [0.3, 0.4) is 0 Å². The van der Waals surface area contributed by atoms with Crippen LogP contribution in [0.5, 0.6) is 0 Å². The Balaban J connectivity index is 2.30. The summed E-state index contributed by atoms with van der Waals surface area (Å²) >= 11 is 0. The van der Waals surface area contributed by atoms with Gasteiger partial charge in [-0.25, -0.2) is 8.42 Å². The van der Waals surface area contributed by atoms with Gasteiger partial charge in [0.15, 0.2) is 9.84 Å². The number of hydrogen-bond donors (Lipinski definition) is 1. The summed E-state index contributed by atoms with van der Waals surface area (Å²) in [7, 11) is -3.56. The van der Waals surface area contributed by atoms with Crippen molar-refractivity contribution in [3.63, 3.8) is 0 Å². The highest BCUT2D eigenvalue weighted by atomic mass is 32.2. The number of nitriles is 1. The molecule has 0 aromatic heterocycles. The van der Waals surface area contributed by atoms with E-state index in [1.807, 2.05) is 36.4 Å². The van der Waals surface area contributed by atoms with Crippen molar-refractivity contribution in [2.45, 2.75) is 11.4 Å². The number of nitrogens with one attached hydrogen (secondary N) is 1. The van der Waals surface area contributed by atoms with E-state index in [1.165, 1.54) is 18.2 Å². The maximum Gasteiger partial charge on any atom is 0.252 e. The van der Waals surface area contributed by atoms with Crippen molar-refractivity contribution in [2.24, 2.45) is 0 Å². The van der Waals surface area contributed by atoms with Crippen LogP contribution in [0.2, 0.25) is 0 Å². The molecule has 112 valence electrons. The van der Waals surface area contributed by atoms with Gasteiger partial charge < -0.3 is 5.32 Å². The topological polar surface area (TPSA) is 87.0 Å². The molecule has 2 rings (SSSR count). The van der Waals surface area contributed by atoms with Crippen molar-refractivity contribution < 1.29 is 13.2 Å². The summed E-state index contributed by atoms with van der Waals surface area (Å²) in [4.78, 5) is 12.2. The molecule has 22 heavy (non-hydrogen) atoms. The van der Waals surface area contributed by atoms with Crippen LogP contribution in [0.1, 0.15) is 21.5 Å². The van der Waals surface area contributed by atoms with E-state index in [-0.39, 0.29) is 22.6 Å². The first-order chi connectivity index (χ1) is 10.4. The number of sulfone groups is 1. The van der Waals surface area contributed by atoms with Crippen LogP contribution < -0.4 is 5.32 Å². The molecule has 0 aliphatic carbocycles. The Bertz CT molecular complexity index is 837. The molecule has 6 heteroatoms. The second kappa shape index (κ2) is 6.41. The molecule has 0 saturated heterocycles. The second-order valence-electron chi connectivity index (χ2n) is 4.76. The highest BCUT2D eigenvalue weighted by Gasteiger charge is 2.19. The van der Waals surface area contributed by atoms with Crippen LogP contribution in [-0.2, 0) is 16.4 Å². The summed E-state index contributed by atoms with van der Waals surface area (Å²) in [5, 5.41) is 11.6. The summed E-state index contributed by atoms with van der Waals surface area (Å²) in [6.07, 6.45) is 1.03. The van der Waals surface area contributed by atoms with E-state index in [1.54, 1.807) is 0 Å². The number of carbonyl (C=O) groups excluding carboxylic acids is 1. The average molecular weight is 314 g/mol. The molecule has 0 unspecified atom stereocenters. The van der Waals surface area contributed by atoms with Crippen molar-refractivity contribution in [3.05, 3.63) is 65.2 Å². The highest BCUT2D eigenvalue weighted by Crippen LogP contribution is 2.17. The maximum atomic E-state index is 12.3. The van der Waals surface area contributed by atoms with Crippen LogP contribution in [0, 0.1) is 11.3 Å². The minimum absolute atomic E-state index is 0.0162. The molecule has 2 aromatic rings. The predicted octanol–water partition coefficient (Wildman–Crippen LogP) is 1.89. The summed E-state index contributed by atoms with van der Waals surface area (Å²) in [6.45, 7) is 0.277. The Morgan fingerprint density at radius 3 is 2.45 bits per heavy atom. The van der Waals surface area contributed by atoms with Gasteiger partial charge in [-0.1, -0.05) is 30.3 Å². The molecule has 1 N–H and O–H groups in total. The Morgan fingerprint density at radius 1 is 1.18 bits per heavy atom. The fourth-order valence-corrected chi connectivity index (χ4v) is 2.84. The van der Waals surface area contributed by atoms with Gasteiger partial charge in [-0.15, -0.1) is 0 Å². The lowest BCUT2D eigenvalue weighted by Crippen LogP contribution is -2.24. The zero-order valence-corrected chi connectivity index (χ0v) is 12.7. The Morgan fingerprint density at radius 2 is 1.86 bits per heavy atom. The number of nitrogens with zero attached hydrogens (tertiary/aromatic N) is 1. The number of hydrogen-bond acceptors (Lipinski definition) is 4. The van der Waals surface area contributed by atoms with E-state index >= 15 is 0 Å². The molecular weight excluding hydrogens is 300 g/mol. The van der Waals surface area contributed by atoms with Crippen molar-refractivity contribution >= 4 is 15.7 Å². The maximum absolute atomic E-state index is 12.3. The lowest BCUT2D eigenvalue weighted by Gasteiger charge is -2.09. The molecule has 0 spiro atoms. The third-order valence-corrected chi connectivity index (χ3v) is 4.20. The van der Waals surface area contributed by atoms with Gasteiger partial charge in [0, 0.05) is 12.8 Å². The SMILES string of the molecule is CS(=O)(=O)c1ccc(C#N)cc1C(=O)NCc1ccccc1. The van der Waals surface area contributed by atoms with Crippen LogP contribution >= 0.6 is 0 Å². The predicted molar refractivity (Wildman–Crippen MR) is 81.9 cm³/mol. The zero-order valence-electron chi connectivity index (χ0n) is 11.9. The molecule has 0 aliphatic heterocycles. The largest absolute Gasteiger partial charge is 0.348 e. The molecule has 0 fully saturated rings. The zero-order chi connectivity index (χ0) is 16.2. The van der Waals surface area contributed by atoms with Gasteiger partial charge >= 0.3 is 0 Å². The molecule has 5 nitrogen and oxygen atoms in total. The van der Waals surface area contributed by atoms with Gasteiger partial charge in [-0.3, -0.25) is 4.79 Å². The third kappa shape index (κ3) is 3.71. The standard InChI is InChI=1S/C16H14N2O3S/c1-22(20,21)15-8-7-13(10-17)9-14(15)16(19)18-11-12-5-3-2-4-6-12/h2-9H,11H2,1H3,(H,18,19). The molecule has 2 aromatic carbocycles. The van der Waals surface area contributed by atoms with Gasteiger partial charge in [0.1, 0.15) is 0 Å². The number of rotatable bonds is 4. The van der Waals surface area contributed by atoms with Crippen LogP contribution in [-0.4, -0.2) is 20.6 Å². The van der Waals surface area contributed by atoms with Gasteiger partial charge in [-0.2, -0.15) is 5.26 Å². The highest BCUT2D eigenvalue weighted by molar-refractivity contribution is 7.90. The first kappa shape index (κ1) is 15.7. The summed E-state index contributed by atoms with van der Waals surface area (Å²) < 4.78 is 23.5. The van der Waals surface area contributed by atoms with Gasteiger partial charge in [0.25, 0.3) is 5.91 Å². The first-order valence-corrected chi connectivity index (χ1v) is 8.37. The second-order valence-corrected chi connectivity index (χ2v) is 6.75. The number of carbonyl (C=O) groups is 1. The van der Waals surface area contributed by atoms with E-state index in [0.29, 0.717) is 0 Å². The number of benzene rings is 2. The Hall–Kier alpha value is -2.65. The normalized spacial score (nSPS) is 10.7. The van der Waals surface area contributed by atoms with Crippen LogP contribution in [0.4, 0.5) is 0 Å². The minimum atomic E-state index is -3.56. The molecule has 0 aliphatic rings. The third-order valence-electron chi connectivity index (χ3n) is 3.05. The Kier molecular flexibility index (Phi) is 4.59. The van der Waals surface area contributed by atoms with E-state index < -0.39 is 15.7 Å². The van der Waals surface area contributed by atoms with Crippen LogP contribution in [0.25, 0.3) is 0 Å². The van der Waals surface area contributed by atoms with E-state index in [2.05, 4.69) is 5.32 Å². The van der Waals surface area contributed by atoms with Crippen LogP contribution in [0.15, 0.2) is 53.4 Å². The first-order valence-electron chi connectivity index (χ1n) is 6.48. The molecule has 1 amide bonds. The smallest absolute Gasteiger partial charge is 0.252 e. The molecule has 0 heterocycles.